The summed E-state index contributed by atoms with van der Waals surface area (Å²) in [6.45, 7) is 2.06. The van der Waals surface area contributed by atoms with Gasteiger partial charge in [0.05, 0.1) is 0 Å². The monoisotopic (exact) mass is 261 g/mol. The van der Waals surface area contributed by atoms with Crippen molar-refractivity contribution in [3.63, 3.8) is 0 Å². The molecule has 0 aliphatic heterocycles. The first-order valence-electron chi connectivity index (χ1n) is 6.95. The molecule has 1 aromatic carbocycles. The van der Waals surface area contributed by atoms with E-state index in [1.165, 1.54) is 37.7 Å². The lowest BCUT2D eigenvalue weighted by Gasteiger charge is -2.34. The van der Waals surface area contributed by atoms with Crippen LogP contribution >= 0.6 is 0 Å². The summed E-state index contributed by atoms with van der Waals surface area (Å²) in [4.78, 5) is 2.29. The zero-order valence-corrected chi connectivity index (χ0v) is 11.8. The van der Waals surface area contributed by atoms with Crippen LogP contribution in [0, 0.1) is 6.92 Å². The average Bonchev–Trinajstić information content (AvgIpc) is 2.46. The zero-order chi connectivity index (χ0) is 13.8. The third-order valence-electron chi connectivity index (χ3n) is 4.04. The Hall–Kier alpha value is -1.71. The fraction of sp³-hybridized carbons (Fsp3) is 0.533. The second-order valence-electron chi connectivity index (χ2n) is 5.41. The second kappa shape index (κ2) is 5.95. The van der Waals surface area contributed by atoms with Crippen LogP contribution in [0.5, 0.6) is 0 Å². The highest BCUT2D eigenvalue weighted by Gasteiger charge is 2.21. The van der Waals surface area contributed by atoms with Crippen molar-refractivity contribution in [3.05, 3.63) is 29.3 Å². The minimum absolute atomic E-state index is 0.178. The number of hydrogen-bond acceptors (Lipinski definition) is 3. The molecule has 0 amide bonds. The summed E-state index contributed by atoms with van der Waals surface area (Å²) in [6.07, 6.45) is 6.37. The van der Waals surface area contributed by atoms with Gasteiger partial charge in [-0.3, -0.25) is 0 Å². The van der Waals surface area contributed by atoms with Gasteiger partial charge in [-0.25, -0.2) is 0 Å². The Morgan fingerprint density at radius 1 is 1.32 bits per heavy atom. The van der Waals surface area contributed by atoms with Crippen molar-refractivity contribution in [2.45, 2.75) is 45.1 Å². The Morgan fingerprint density at radius 3 is 2.63 bits per heavy atom. The van der Waals surface area contributed by atoms with Gasteiger partial charge in [-0.1, -0.05) is 30.5 Å². The molecule has 19 heavy (non-hydrogen) atoms. The molecule has 0 aromatic heterocycles. The standard InChI is InChI=1S/C15H23N3O/c1-11-8-9-13(15(16)17-19)14(10-11)18(2)12-6-4-3-5-7-12/h8-10,12,19H,3-7H2,1-2H3,(H2,16,17). The van der Waals surface area contributed by atoms with Crippen LogP contribution in [0.4, 0.5) is 5.69 Å². The fourth-order valence-corrected chi connectivity index (χ4v) is 2.87. The third kappa shape index (κ3) is 3.00. The lowest BCUT2D eigenvalue weighted by Crippen LogP contribution is -2.35. The molecule has 0 saturated heterocycles. The van der Waals surface area contributed by atoms with Crippen LogP contribution in [0.25, 0.3) is 0 Å². The molecule has 1 aliphatic carbocycles. The summed E-state index contributed by atoms with van der Waals surface area (Å²) in [5, 5.41) is 12.1. The minimum Gasteiger partial charge on any atom is -0.409 e. The lowest BCUT2D eigenvalue weighted by molar-refractivity contribution is 0.318. The molecule has 0 spiro atoms. The highest BCUT2D eigenvalue weighted by molar-refractivity contribution is 6.02. The van der Waals surface area contributed by atoms with Crippen molar-refractivity contribution in [2.24, 2.45) is 10.9 Å². The second-order valence-corrected chi connectivity index (χ2v) is 5.41. The first-order valence-corrected chi connectivity index (χ1v) is 6.95. The number of rotatable bonds is 3. The van der Waals surface area contributed by atoms with Crippen LogP contribution in [0.1, 0.15) is 43.2 Å². The molecule has 3 N–H and O–H groups in total. The highest BCUT2D eigenvalue weighted by Crippen LogP contribution is 2.29. The van der Waals surface area contributed by atoms with Gasteiger partial charge in [0.15, 0.2) is 5.84 Å². The van der Waals surface area contributed by atoms with Gasteiger partial charge >= 0.3 is 0 Å². The van der Waals surface area contributed by atoms with E-state index in [9.17, 15) is 0 Å². The maximum atomic E-state index is 8.92. The van der Waals surface area contributed by atoms with Crippen molar-refractivity contribution in [3.8, 4) is 0 Å². The average molecular weight is 261 g/mol. The van der Waals surface area contributed by atoms with Crippen LogP contribution in [0.15, 0.2) is 23.4 Å². The quantitative estimate of drug-likeness (QED) is 0.380. The maximum Gasteiger partial charge on any atom is 0.172 e. The molecule has 0 atom stereocenters. The number of nitrogens with zero attached hydrogens (tertiary/aromatic N) is 2. The number of anilines is 1. The Bertz CT molecular complexity index is 464. The molecular formula is C15H23N3O. The Morgan fingerprint density at radius 2 is 2.00 bits per heavy atom. The van der Waals surface area contributed by atoms with E-state index < -0.39 is 0 Å². The normalized spacial score (nSPS) is 17.5. The minimum atomic E-state index is 0.178. The smallest absolute Gasteiger partial charge is 0.172 e. The Balaban J connectivity index is 2.33. The van der Waals surface area contributed by atoms with Gasteiger partial charge in [0.25, 0.3) is 0 Å². The molecule has 1 aliphatic rings. The van der Waals surface area contributed by atoms with Gasteiger partial charge < -0.3 is 15.8 Å². The molecule has 0 radical (unpaired) electrons. The Kier molecular flexibility index (Phi) is 4.30. The van der Waals surface area contributed by atoms with E-state index in [0.29, 0.717) is 6.04 Å². The maximum absolute atomic E-state index is 8.92. The van der Waals surface area contributed by atoms with E-state index in [1.807, 2.05) is 12.1 Å². The summed E-state index contributed by atoms with van der Waals surface area (Å²) < 4.78 is 0. The molecule has 1 aromatic rings. The molecule has 104 valence electrons. The first kappa shape index (κ1) is 13.7. The topological polar surface area (TPSA) is 61.9 Å². The van der Waals surface area contributed by atoms with Crippen molar-refractivity contribution < 1.29 is 5.21 Å². The van der Waals surface area contributed by atoms with Crippen LogP contribution in [-0.4, -0.2) is 24.1 Å². The van der Waals surface area contributed by atoms with Crippen LogP contribution < -0.4 is 10.6 Å². The van der Waals surface area contributed by atoms with E-state index in [4.69, 9.17) is 10.9 Å². The zero-order valence-electron chi connectivity index (χ0n) is 11.8. The number of amidine groups is 1. The summed E-state index contributed by atoms with van der Waals surface area (Å²) in [7, 11) is 2.11. The van der Waals surface area contributed by atoms with Gasteiger partial charge in [-0.2, -0.15) is 0 Å². The van der Waals surface area contributed by atoms with Gasteiger partial charge in [0, 0.05) is 24.3 Å². The molecule has 4 heteroatoms. The molecule has 0 bridgehead atoms. The van der Waals surface area contributed by atoms with Crippen molar-refractivity contribution in [2.75, 3.05) is 11.9 Å². The first-order chi connectivity index (χ1) is 9.13. The van der Waals surface area contributed by atoms with Crippen LogP contribution in [0.2, 0.25) is 0 Å². The molecule has 1 saturated carbocycles. The van der Waals surface area contributed by atoms with Gasteiger partial charge in [-0.15, -0.1) is 0 Å². The predicted octanol–water partition coefficient (Wildman–Crippen LogP) is 2.86. The fourth-order valence-electron chi connectivity index (χ4n) is 2.87. The van der Waals surface area contributed by atoms with Gasteiger partial charge in [0.2, 0.25) is 0 Å². The van der Waals surface area contributed by atoms with Crippen molar-refractivity contribution in [1.29, 1.82) is 0 Å². The van der Waals surface area contributed by atoms with E-state index >= 15 is 0 Å². The number of aryl methyl sites for hydroxylation is 1. The number of hydrogen-bond donors (Lipinski definition) is 2. The van der Waals surface area contributed by atoms with Gasteiger partial charge in [0.1, 0.15) is 0 Å². The molecular weight excluding hydrogens is 238 g/mol. The summed E-state index contributed by atoms with van der Waals surface area (Å²) in [6, 6.07) is 6.59. The Labute approximate surface area is 114 Å². The van der Waals surface area contributed by atoms with Crippen molar-refractivity contribution >= 4 is 11.5 Å². The van der Waals surface area contributed by atoms with Crippen LogP contribution in [0.3, 0.4) is 0 Å². The van der Waals surface area contributed by atoms with E-state index in [1.54, 1.807) is 0 Å². The van der Waals surface area contributed by atoms with Crippen molar-refractivity contribution in [1.82, 2.24) is 0 Å². The van der Waals surface area contributed by atoms with E-state index in [0.717, 1.165) is 11.3 Å². The third-order valence-corrected chi connectivity index (χ3v) is 4.04. The number of nitrogens with two attached hydrogens (primary N) is 1. The molecule has 4 nitrogen and oxygen atoms in total. The SMILES string of the molecule is Cc1ccc(C(N)=NO)c(N(C)C2CCCCC2)c1. The van der Waals surface area contributed by atoms with E-state index in [-0.39, 0.29) is 5.84 Å². The summed E-state index contributed by atoms with van der Waals surface area (Å²) in [5.41, 5.74) is 8.84. The lowest BCUT2D eigenvalue weighted by atomic mass is 9.93. The number of benzene rings is 1. The number of oxime groups is 1. The molecule has 2 rings (SSSR count). The van der Waals surface area contributed by atoms with Gasteiger partial charge in [-0.05, 0) is 37.5 Å². The predicted molar refractivity (Wildman–Crippen MR) is 79.0 cm³/mol. The van der Waals surface area contributed by atoms with Crippen LogP contribution in [-0.2, 0) is 0 Å². The van der Waals surface area contributed by atoms with E-state index in [2.05, 4.69) is 30.1 Å². The molecule has 0 heterocycles. The molecule has 0 unspecified atom stereocenters. The largest absolute Gasteiger partial charge is 0.409 e. The summed E-state index contributed by atoms with van der Waals surface area (Å²) in [5.74, 6) is 0.178. The molecule has 1 fully saturated rings. The summed E-state index contributed by atoms with van der Waals surface area (Å²) >= 11 is 0. The highest BCUT2D eigenvalue weighted by atomic mass is 16.4.